The van der Waals surface area contributed by atoms with Gasteiger partial charge in [0.2, 0.25) is 0 Å². The van der Waals surface area contributed by atoms with Gasteiger partial charge in [-0.1, -0.05) is 59.1 Å². The van der Waals surface area contributed by atoms with E-state index in [1.54, 1.807) is 12.7 Å². The number of hydrogen-bond donors (Lipinski definition) is 1. The van der Waals surface area contributed by atoms with Crippen molar-refractivity contribution in [2.24, 2.45) is 22.7 Å². The predicted octanol–water partition coefficient (Wildman–Crippen LogP) is 9.45. The molecular formula is C35H58O3Si. The number of rotatable bonds is 10. The largest absolute Gasteiger partial charge is 0.497 e. The van der Waals surface area contributed by atoms with Gasteiger partial charge in [0.25, 0.3) is 0 Å². The van der Waals surface area contributed by atoms with Crippen molar-refractivity contribution in [3.63, 3.8) is 0 Å². The zero-order chi connectivity index (χ0) is 28.9. The van der Waals surface area contributed by atoms with Crippen LogP contribution >= 0.6 is 0 Å². The van der Waals surface area contributed by atoms with Gasteiger partial charge in [-0.15, -0.1) is 6.58 Å². The molecule has 1 aromatic carbocycles. The molecule has 1 unspecified atom stereocenters. The molecule has 220 valence electrons. The number of unbranched alkanes of at least 4 members (excludes halogenated alkanes) is 2. The van der Waals surface area contributed by atoms with E-state index in [-0.39, 0.29) is 15.9 Å². The first-order valence-electron chi connectivity index (χ1n) is 15.8. The van der Waals surface area contributed by atoms with Gasteiger partial charge in [-0.2, -0.15) is 0 Å². The van der Waals surface area contributed by atoms with Crippen molar-refractivity contribution in [3.05, 3.63) is 42.0 Å². The number of ether oxygens (including phenoxy) is 1. The maximum atomic E-state index is 10.2. The van der Waals surface area contributed by atoms with Gasteiger partial charge in [-0.25, -0.2) is 0 Å². The van der Waals surface area contributed by atoms with Gasteiger partial charge in [0.15, 0.2) is 8.32 Å². The Balaban J connectivity index is 1.69. The number of hydrogen-bond acceptors (Lipinski definition) is 3. The Kier molecular flexibility index (Phi) is 8.66. The molecule has 3 aliphatic carbocycles. The van der Waals surface area contributed by atoms with Crippen molar-refractivity contribution < 1.29 is 14.3 Å². The molecule has 0 heterocycles. The van der Waals surface area contributed by atoms with Gasteiger partial charge in [-0.05, 0) is 129 Å². The predicted molar refractivity (Wildman–Crippen MR) is 167 cm³/mol. The third kappa shape index (κ3) is 5.82. The second kappa shape index (κ2) is 10.9. The van der Waals surface area contributed by atoms with Gasteiger partial charge in [0.1, 0.15) is 5.75 Å². The average molecular weight is 555 g/mol. The minimum absolute atomic E-state index is 0.123. The third-order valence-corrected chi connectivity index (χ3v) is 16.1. The molecule has 4 rings (SSSR count). The average Bonchev–Trinajstić information content (AvgIpc) is 3.17. The highest BCUT2D eigenvalue weighted by atomic mass is 28.4. The topological polar surface area (TPSA) is 38.7 Å². The van der Waals surface area contributed by atoms with Crippen LogP contribution < -0.4 is 4.74 Å². The third-order valence-electron chi connectivity index (χ3n) is 11.6. The first-order chi connectivity index (χ1) is 18.1. The van der Waals surface area contributed by atoms with Crippen LogP contribution in [0.15, 0.2) is 30.9 Å². The van der Waals surface area contributed by atoms with Crippen molar-refractivity contribution >= 4 is 8.32 Å². The van der Waals surface area contributed by atoms with Crippen molar-refractivity contribution in [1.82, 2.24) is 0 Å². The summed E-state index contributed by atoms with van der Waals surface area (Å²) in [6.07, 6.45) is 14.3. The van der Waals surface area contributed by atoms with Crippen LogP contribution in [-0.2, 0) is 10.8 Å². The molecule has 4 heteroatoms. The summed E-state index contributed by atoms with van der Waals surface area (Å²) in [4.78, 5) is 0. The molecule has 0 spiro atoms. The number of fused-ring (bicyclic) bond motifs is 5. The summed E-state index contributed by atoms with van der Waals surface area (Å²) in [7, 11) is -0.0991. The summed E-state index contributed by atoms with van der Waals surface area (Å²) >= 11 is 0. The molecule has 39 heavy (non-hydrogen) atoms. The Morgan fingerprint density at radius 1 is 1.10 bits per heavy atom. The van der Waals surface area contributed by atoms with Gasteiger partial charge in [-0.3, -0.25) is 0 Å². The summed E-state index contributed by atoms with van der Waals surface area (Å²) in [5, 5.41) is 10.4. The van der Waals surface area contributed by atoms with E-state index in [1.807, 2.05) is 13.8 Å². The molecule has 1 N–H and O–H groups in total. The molecule has 0 amide bonds. The molecule has 2 fully saturated rings. The number of benzene rings is 1. The molecule has 0 aromatic heterocycles. The highest BCUT2D eigenvalue weighted by Gasteiger charge is 2.64. The highest BCUT2D eigenvalue weighted by molar-refractivity contribution is 6.74. The SMILES string of the molecule is C=CC12CCc3cc(OC)ccc3[C@H]1[C@@H](CCCCCC(C)(C)O)C[C@]1(C)[C@@H](O[Si](C)(C)C(C)(C)C)CC[C@@H]21. The van der Waals surface area contributed by atoms with Crippen LogP contribution in [0.3, 0.4) is 0 Å². The Morgan fingerprint density at radius 3 is 2.44 bits per heavy atom. The van der Waals surface area contributed by atoms with Crippen LogP contribution in [0.5, 0.6) is 5.75 Å². The van der Waals surface area contributed by atoms with Crippen LogP contribution in [0.1, 0.15) is 116 Å². The fourth-order valence-corrected chi connectivity index (χ4v) is 10.1. The molecule has 3 nitrogen and oxygen atoms in total. The molecule has 0 radical (unpaired) electrons. The maximum Gasteiger partial charge on any atom is 0.192 e. The van der Waals surface area contributed by atoms with Gasteiger partial charge in [0, 0.05) is 0 Å². The van der Waals surface area contributed by atoms with Crippen LogP contribution in [0.4, 0.5) is 0 Å². The molecule has 0 saturated heterocycles. The maximum absolute atomic E-state index is 10.2. The lowest BCUT2D eigenvalue weighted by molar-refractivity contribution is -0.0773. The Morgan fingerprint density at radius 2 is 1.82 bits per heavy atom. The Hall–Kier alpha value is -1.10. The quantitative estimate of drug-likeness (QED) is 0.178. The zero-order valence-electron chi connectivity index (χ0n) is 26.7. The monoisotopic (exact) mass is 554 g/mol. The van der Waals surface area contributed by atoms with Crippen LogP contribution in [0.25, 0.3) is 0 Å². The van der Waals surface area contributed by atoms with E-state index < -0.39 is 13.9 Å². The van der Waals surface area contributed by atoms with E-state index in [0.717, 1.165) is 25.0 Å². The first kappa shape index (κ1) is 30.8. The van der Waals surface area contributed by atoms with E-state index in [9.17, 15) is 5.11 Å². The van der Waals surface area contributed by atoms with Crippen molar-refractivity contribution in [2.45, 2.75) is 142 Å². The van der Waals surface area contributed by atoms with Crippen molar-refractivity contribution in [3.8, 4) is 5.75 Å². The molecule has 0 aliphatic heterocycles. The second-order valence-corrected chi connectivity index (χ2v) is 20.5. The Labute approximate surface area is 241 Å². The van der Waals surface area contributed by atoms with Crippen LogP contribution in [0, 0.1) is 22.7 Å². The molecular weight excluding hydrogens is 496 g/mol. The van der Waals surface area contributed by atoms with E-state index in [1.165, 1.54) is 50.5 Å². The summed E-state index contributed by atoms with van der Waals surface area (Å²) in [5.74, 6) is 2.72. The highest BCUT2D eigenvalue weighted by Crippen LogP contribution is 2.70. The second-order valence-electron chi connectivity index (χ2n) is 15.7. The van der Waals surface area contributed by atoms with E-state index in [4.69, 9.17) is 9.16 Å². The summed E-state index contributed by atoms with van der Waals surface area (Å²) in [5.41, 5.74) is 2.78. The fraction of sp³-hybridized carbons (Fsp3) is 0.771. The van der Waals surface area contributed by atoms with Crippen LogP contribution in [-0.4, -0.2) is 32.2 Å². The molecule has 3 aliphatic rings. The normalized spacial score (nSPS) is 32.8. The fourth-order valence-electron chi connectivity index (χ4n) is 8.66. The Bertz CT molecular complexity index is 1020. The van der Waals surface area contributed by atoms with E-state index >= 15 is 0 Å². The summed E-state index contributed by atoms with van der Waals surface area (Å²) < 4.78 is 12.9. The molecule has 6 atom stereocenters. The molecule has 0 bridgehead atoms. The van der Waals surface area contributed by atoms with Crippen molar-refractivity contribution in [1.29, 1.82) is 0 Å². The summed E-state index contributed by atoms with van der Waals surface area (Å²) in [6.45, 7) is 23.0. The lowest BCUT2D eigenvalue weighted by Gasteiger charge is -2.61. The van der Waals surface area contributed by atoms with Crippen molar-refractivity contribution in [2.75, 3.05) is 7.11 Å². The molecule has 1 aromatic rings. The first-order valence-corrected chi connectivity index (χ1v) is 18.7. The lowest BCUT2D eigenvalue weighted by atomic mass is 9.44. The lowest BCUT2D eigenvalue weighted by Crippen LogP contribution is -2.56. The summed E-state index contributed by atoms with van der Waals surface area (Å²) in [6, 6.07) is 6.87. The van der Waals surface area contributed by atoms with Gasteiger partial charge in [0.05, 0.1) is 18.8 Å². The molecule has 2 saturated carbocycles. The number of methoxy groups -OCH3 is 1. The standard InChI is InChI=1S/C35H58O3Si/c1-11-35-22-20-25-23-27(37-8)16-17-28(25)31(35)26(15-13-12-14-21-33(5,6)36)24-34(7)29(35)18-19-30(34)38-39(9,10)32(2,3)4/h11,16-17,23,26,29-31,36H,1,12-15,18-22,24H2,2-10H3/t26-,29+,30-,31+,34-,35?/m0/s1. The smallest absolute Gasteiger partial charge is 0.192 e. The van der Waals surface area contributed by atoms with Gasteiger partial charge < -0.3 is 14.3 Å². The number of aryl methyl sites for hydroxylation is 1. The minimum Gasteiger partial charge on any atom is -0.497 e. The van der Waals surface area contributed by atoms with Gasteiger partial charge >= 0.3 is 0 Å². The number of aliphatic hydroxyl groups is 1. The number of allylic oxidation sites excluding steroid dienone is 1. The van der Waals surface area contributed by atoms with E-state index in [2.05, 4.69) is 71.6 Å². The zero-order valence-corrected chi connectivity index (χ0v) is 27.7. The van der Waals surface area contributed by atoms with Crippen LogP contribution in [0.2, 0.25) is 18.1 Å². The minimum atomic E-state index is -1.88. The van der Waals surface area contributed by atoms with E-state index in [0.29, 0.717) is 23.9 Å².